The molecule has 1 aromatic carbocycles. The summed E-state index contributed by atoms with van der Waals surface area (Å²) in [5.41, 5.74) is 2.04. The van der Waals surface area contributed by atoms with E-state index in [1.165, 1.54) is 4.68 Å². The number of ether oxygens (including phenoxy) is 1. The van der Waals surface area contributed by atoms with Gasteiger partial charge in [-0.25, -0.2) is 4.68 Å². The van der Waals surface area contributed by atoms with E-state index in [0.717, 1.165) is 17.8 Å². The molecule has 0 atom stereocenters. The highest BCUT2D eigenvalue weighted by molar-refractivity contribution is 6.42. The van der Waals surface area contributed by atoms with Gasteiger partial charge in [0.15, 0.2) is 6.73 Å². The molecule has 154 valence electrons. The molecule has 0 aliphatic rings. The number of rotatable bonds is 8. The molecule has 0 radical (unpaired) electrons. The van der Waals surface area contributed by atoms with Crippen molar-refractivity contribution in [2.24, 2.45) is 0 Å². The van der Waals surface area contributed by atoms with Crippen LogP contribution < -0.4 is 10.1 Å². The normalized spacial score (nSPS) is 10.9. The van der Waals surface area contributed by atoms with Crippen molar-refractivity contribution in [3.63, 3.8) is 0 Å². The van der Waals surface area contributed by atoms with Gasteiger partial charge in [-0.3, -0.25) is 9.48 Å². The summed E-state index contributed by atoms with van der Waals surface area (Å²) in [6, 6.07) is 6.75. The lowest BCUT2D eigenvalue weighted by molar-refractivity contribution is 0.0945. The average Bonchev–Trinajstić information content (AvgIpc) is 3.27. The smallest absolute Gasteiger partial charge is 0.271 e. The first-order valence-corrected chi connectivity index (χ1v) is 10.1. The predicted octanol–water partition coefficient (Wildman–Crippen LogP) is 4.51. The van der Waals surface area contributed by atoms with Crippen LogP contribution in [0.15, 0.2) is 30.5 Å². The first kappa shape index (κ1) is 21.5. The number of nitrogens with one attached hydrogen (secondary N) is 1. The average molecular weight is 457 g/mol. The second-order valence-corrected chi connectivity index (χ2v) is 7.55. The van der Waals surface area contributed by atoms with Crippen LogP contribution in [0.4, 0.5) is 0 Å². The SMILES string of the molecule is Cc1nn(CCCNC(=O)c2ccn(COc3cccc(Cl)c3Cl)n2)c(C)c1Cl. The summed E-state index contributed by atoms with van der Waals surface area (Å²) >= 11 is 18.2. The maximum Gasteiger partial charge on any atom is 0.271 e. The number of carbonyl (C=O) groups is 1. The zero-order valence-corrected chi connectivity index (χ0v) is 18.2. The molecule has 29 heavy (non-hydrogen) atoms. The van der Waals surface area contributed by atoms with Gasteiger partial charge in [0.25, 0.3) is 5.91 Å². The lowest BCUT2D eigenvalue weighted by Gasteiger charge is -2.08. The molecule has 1 amide bonds. The molecule has 0 saturated heterocycles. The minimum atomic E-state index is -0.254. The van der Waals surface area contributed by atoms with Gasteiger partial charge in [-0.15, -0.1) is 0 Å². The molecule has 3 aromatic rings. The van der Waals surface area contributed by atoms with Crippen LogP contribution in [0, 0.1) is 13.8 Å². The van der Waals surface area contributed by atoms with E-state index in [9.17, 15) is 4.79 Å². The molecular formula is C19H20Cl3N5O2. The standard InChI is InChI=1S/C19H20Cl3N5O2/c1-12-17(21)13(2)27(24-12)9-4-8-23-19(28)15-7-10-26(25-15)11-29-16-6-3-5-14(20)18(16)22/h3,5-7,10H,4,8-9,11H2,1-2H3,(H,23,28). The van der Waals surface area contributed by atoms with Crippen molar-refractivity contribution < 1.29 is 9.53 Å². The number of carbonyl (C=O) groups excluding carboxylic acids is 1. The minimum Gasteiger partial charge on any atom is -0.470 e. The van der Waals surface area contributed by atoms with E-state index in [4.69, 9.17) is 39.5 Å². The Balaban J connectivity index is 1.46. The Morgan fingerprint density at radius 3 is 2.66 bits per heavy atom. The number of nitrogens with zero attached hydrogens (tertiary/aromatic N) is 4. The van der Waals surface area contributed by atoms with E-state index in [0.29, 0.717) is 39.6 Å². The van der Waals surface area contributed by atoms with Crippen molar-refractivity contribution in [1.29, 1.82) is 0 Å². The molecular weight excluding hydrogens is 437 g/mol. The van der Waals surface area contributed by atoms with E-state index < -0.39 is 0 Å². The summed E-state index contributed by atoms with van der Waals surface area (Å²) in [6.07, 6.45) is 2.38. The highest BCUT2D eigenvalue weighted by Gasteiger charge is 2.11. The van der Waals surface area contributed by atoms with Gasteiger partial charge in [-0.2, -0.15) is 10.2 Å². The Kier molecular flexibility index (Phi) is 7.05. The molecule has 2 heterocycles. The second kappa shape index (κ2) is 9.52. The highest BCUT2D eigenvalue weighted by atomic mass is 35.5. The van der Waals surface area contributed by atoms with Crippen LogP contribution in [0.2, 0.25) is 15.1 Å². The fourth-order valence-electron chi connectivity index (χ4n) is 2.70. The van der Waals surface area contributed by atoms with Crippen molar-refractivity contribution >= 4 is 40.7 Å². The Bertz CT molecular complexity index is 1020. The van der Waals surface area contributed by atoms with Crippen LogP contribution in [0.5, 0.6) is 5.75 Å². The minimum absolute atomic E-state index is 0.103. The summed E-state index contributed by atoms with van der Waals surface area (Å²) < 4.78 is 8.95. The number of halogens is 3. The van der Waals surface area contributed by atoms with Crippen LogP contribution in [0.1, 0.15) is 28.3 Å². The molecule has 0 fully saturated rings. The molecule has 2 aromatic heterocycles. The van der Waals surface area contributed by atoms with Crippen molar-refractivity contribution in [2.75, 3.05) is 6.54 Å². The monoisotopic (exact) mass is 455 g/mol. The van der Waals surface area contributed by atoms with Gasteiger partial charge in [0, 0.05) is 19.3 Å². The first-order valence-electron chi connectivity index (χ1n) is 8.94. The van der Waals surface area contributed by atoms with Gasteiger partial charge < -0.3 is 10.1 Å². The fourth-order valence-corrected chi connectivity index (χ4v) is 3.18. The second-order valence-electron chi connectivity index (χ2n) is 6.38. The van der Waals surface area contributed by atoms with E-state index in [1.54, 1.807) is 30.5 Å². The topological polar surface area (TPSA) is 74.0 Å². The first-order chi connectivity index (χ1) is 13.9. The Morgan fingerprint density at radius 2 is 1.93 bits per heavy atom. The van der Waals surface area contributed by atoms with Crippen LogP contribution in [0.3, 0.4) is 0 Å². The van der Waals surface area contributed by atoms with Gasteiger partial charge in [0.1, 0.15) is 16.5 Å². The molecule has 0 saturated carbocycles. The molecule has 10 heteroatoms. The highest BCUT2D eigenvalue weighted by Crippen LogP contribution is 2.31. The van der Waals surface area contributed by atoms with Gasteiger partial charge in [0.05, 0.1) is 21.4 Å². The third-order valence-corrected chi connectivity index (χ3v) is 5.62. The summed E-state index contributed by atoms with van der Waals surface area (Å²) in [5, 5.41) is 12.9. The van der Waals surface area contributed by atoms with Crippen LogP contribution in [0.25, 0.3) is 0 Å². The maximum absolute atomic E-state index is 12.3. The molecule has 0 aliphatic heterocycles. The Labute approximate surface area is 183 Å². The zero-order chi connectivity index (χ0) is 21.0. The van der Waals surface area contributed by atoms with Crippen LogP contribution >= 0.6 is 34.8 Å². The molecule has 3 rings (SSSR count). The van der Waals surface area contributed by atoms with E-state index >= 15 is 0 Å². The number of aromatic nitrogens is 4. The van der Waals surface area contributed by atoms with Crippen LogP contribution in [-0.2, 0) is 13.3 Å². The van der Waals surface area contributed by atoms with Crippen molar-refractivity contribution in [3.8, 4) is 5.75 Å². The molecule has 0 spiro atoms. The van der Waals surface area contributed by atoms with Crippen LogP contribution in [-0.4, -0.2) is 32.0 Å². The van der Waals surface area contributed by atoms with Gasteiger partial charge >= 0.3 is 0 Å². The number of aryl methyl sites for hydroxylation is 2. The predicted molar refractivity (Wildman–Crippen MR) is 113 cm³/mol. The molecule has 0 unspecified atom stereocenters. The third-order valence-electron chi connectivity index (χ3n) is 4.27. The summed E-state index contributed by atoms with van der Waals surface area (Å²) in [5.74, 6) is 0.195. The summed E-state index contributed by atoms with van der Waals surface area (Å²) in [4.78, 5) is 12.3. The molecule has 7 nitrogen and oxygen atoms in total. The number of benzene rings is 1. The van der Waals surface area contributed by atoms with E-state index in [-0.39, 0.29) is 12.6 Å². The molecule has 0 aliphatic carbocycles. The fraction of sp³-hybridized carbons (Fsp3) is 0.316. The van der Waals surface area contributed by atoms with E-state index in [1.807, 2.05) is 18.5 Å². The van der Waals surface area contributed by atoms with Crippen molar-refractivity contribution in [1.82, 2.24) is 24.9 Å². The van der Waals surface area contributed by atoms with Crippen molar-refractivity contribution in [2.45, 2.75) is 33.5 Å². The van der Waals surface area contributed by atoms with Crippen molar-refractivity contribution in [3.05, 3.63) is 62.6 Å². The van der Waals surface area contributed by atoms with Gasteiger partial charge in [0.2, 0.25) is 0 Å². The zero-order valence-electron chi connectivity index (χ0n) is 16.0. The summed E-state index contributed by atoms with van der Waals surface area (Å²) in [7, 11) is 0. The maximum atomic E-state index is 12.3. The third kappa shape index (κ3) is 5.23. The van der Waals surface area contributed by atoms with Gasteiger partial charge in [-0.05, 0) is 38.5 Å². The molecule has 1 N–H and O–H groups in total. The number of amides is 1. The lowest BCUT2D eigenvalue weighted by atomic mass is 10.3. The van der Waals surface area contributed by atoms with E-state index in [2.05, 4.69) is 15.5 Å². The number of hydrogen-bond acceptors (Lipinski definition) is 4. The largest absolute Gasteiger partial charge is 0.470 e. The lowest BCUT2D eigenvalue weighted by Crippen LogP contribution is -2.26. The van der Waals surface area contributed by atoms with Gasteiger partial charge in [-0.1, -0.05) is 40.9 Å². The quantitative estimate of drug-likeness (QED) is 0.506. The Morgan fingerprint density at radius 1 is 1.14 bits per heavy atom. The Hall–Kier alpha value is -2.22. The summed E-state index contributed by atoms with van der Waals surface area (Å²) in [6.45, 7) is 5.06. The molecule has 0 bridgehead atoms. The number of hydrogen-bond donors (Lipinski definition) is 1.